The molecule has 4 nitrogen and oxygen atoms in total. The van der Waals surface area contributed by atoms with Crippen LogP contribution in [-0.2, 0) is 6.42 Å². The highest BCUT2D eigenvalue weighted by Gasteiger charge is 2.14. The Bertz CT molecular complexity index is 1030. The smallest absolute Gasteiger partial charge is 0.284 e. The standard InChI is InChI=1S/C20H14N2O2S/c23-19(17-11-10-15-8-4-5-9-16(15)13-17)25-20-22-21-18(24-20)12-14-6-2-1-3-7-14/h1-11,13H,12H2. The largest absolute Gasteiger partial charge is 0.415 e. The normalized spacial score (nSPS) is 10.9. The average Bonchev–Trinajstić information content (AvgIpc) is 3.09. The second kappa shape index (κ2) is 6.91. The molecule has 0 spiro atoms. The molecule has 0 atom stereocenters. The van der Waals surface area contributed by atoms with Gasteiger partial charge in [0, 0.05) is 17.3 Å². The van der Waals surface area contributed by atoms with Gasteiger partial charge < -0.3 is 4.42 Å². The predicted octanol–water partition coefficient (Wildman–Crippen LogP) is 4.75. The van der Waals surface area contributed by atoms with E-state index in [0.29, 0.717) is 17.9 Å². The van der Waals surface area contributed by atoms with Crippen molar-refractivity contribution in [3.05, 3.63) is 89.8 Å². The molecule has 0 saturated heterocycles. The van der Waals surface area contributed by atoms with Crippen LogP contribution in [0, 0.1) is 0 Å². The highest BCUT2D eigenvalue weighted by Crippen LogP contribution is 2.24. The van der Waals surface area contributed by atoms with Gasteiger partial charge in [-0.15, -0.1) is 10.2 Å². The molecule has 0 N–H and O–H groups in total. The monoisotopic (exact) mass is 346 g/mol. The van der Waals surface area contributed by atoms with E-state index in [1.54, 1.807) is 0 Å². The van der Waals surface area contributed by atoms with Gasteiger partial charge in [0.15, 0.2) is 0 Å². The molecule has 5 heteroatoms. The first-order valence-electron chi connectivity index (χ1n) is 7.85. The van der Waals surface area contributed by atoms with Gasteiger partial charge in [-0.1, -0.05) is 60.7 Å². The summed E-state index contributed by atoms with van der Waals surface area (Å²) in [6, 6.07) is 23.5. The van der Waals surface area contributed by atoms with Gasteiger partial charge >= 0.3 is 0 Å². The Morgan fingerprint density at radius 1 is 0.880 bits per heavy atom. The van der Waals surface area contributed by atoms with Crippen molar-refractivity contribution in [3.63, 3.8) is 0 Å². The zero-order chi connectivity index (χ0) is 17.1. The van der Waals surface area contributed by atoms with Crippen molar-refractivity contribution in [1.82, 2.24) is 10.2 Å². The van der Waals surface area contributed by atoms with Gasteiger partial charge in [0.2, 0.25) is 11.0 Å². The molecule has 25 heavy (non-hydrogen) atoms. The lowest BCUT2D eigenvalue weighted by Gasteiger charge is -2.01. The van der Waals surface area contributed by atoms with Crippen LogP contribution in [0.4, 0.5) is 0 Å². The molecule has 0 saturated carbocycles. The molecular weight excluding hydrogens is 332 g/mol. The summed E-state index contributed by atoms with van der Waals surface area (Å²) in [6.07, 6.45) is 0.554. The van der Waals surface area contributed by atoms with E-state index in [1.807, 2.05) is 72.8 Å². The summed E-state index contributed by atoms with van der Waals surface area (Å²) >= 11 is 0.957. The Morgan fingerprint density at radius 2 is 1.64 bits per heavy atom. The van der Waals surface area contributed by atoms with Crippen LogP contribution in [0.25, 0.3) is 10.8 Å². The van der Waals surface area contributed by atoms with E-state index in [1.165, 1.54) is 0 Å². The Morgan fingerprint density at radius 3 is 2.48 bits per heavy atom. The summed E-state index contributed by atoms with van der Waals surface area (Å²) in [7, 11) is 0. The fourth-order valence-corrected chi connectivity index (χ4v) is 3.20. The van der Waals surface area contributed by atoms with Crippen LogP contribution < -0.4 is 0 Å². The van der Waals surface area contributed by atoms with Crippen LogP contribution >= 0.6 is 11.8 Å². The Labute approximate surface area is 148 Å². The summed E-state index contributed by atoms with van der Waals surface area (Å²) in [6.45, 7) is 0. The SMILES string of the molecule is O=C(Sc1nnc(Cc2ccccc2)o1)c1ccc2ccccc2c1. The number of carbonyl (C=O) groups excluding carboxylic acids is 1. The van der Waals surface area contributed by atoms with Crippen LogP contribution in [0.1, 0.15) is 21.8 Å². The van der Waals surface area contributed by atoms with Crippen molar-refractivity contribution in [1.29, 1.82) is 0 Å². The number of carbonyl (C=O) groups is 1. The molecule has 122 valence electrons. The second-order valence-corrected chi connectivity index (χ2v) is 6.50. The van der Waals surface area contributed by atoms with Gasteiger partial charge in [-0.2, -0.15) is 0 Å². The number of nitrogens with zero attached hydrogens (tertiary/aromatic N) is 2. The van der Waals surface area contributed by atoms with Gasteiger partial charge in [-0.05, 0) is 28.5 Å². The van der Waals surface area contributed by atoms with E-state index in [2.05, 4.69) is 10.2 Å². The molecule has 1 heterocycles. The third-order valence-corrected chi connectivity index (χ3v) is 4.57. The minimum atomic E-state index is -0.110. The summed E-state index contributed by atoms with van der Waals surface area (Å²) in [5.41, 5.74) is 1.70. The van der Waals surface area contributed by atoms with E-state index in [-0.39, 0.29) is 10.3 Å². The maximum absolute atomic E-state index is 12.5. The average molecular weight is 346 g/mol. The lowest BCUT2D eigenvalue weighted by Crippen LogP contribution is -1.93. The third-order valence-electron chi connectivity index (χ3n) is 3.81. The molecule has 0 aliphatic carbocycles. The number of aromatic nitrogens is 2. The van der Waals surface area contributed by atoms with E-state index >= 15 is 0 Å². The number of fused-ring (bicyclic) bond motifs is 1. The zero-order valence-electron chi connectivity index (χ0n) is 13.3. The molecule has 0 radical (unpaired) electrons. The second-order valence-electron chi connectivity index (χ2n) is 5.58. The predicted molar refractivity (Wildman–Crippen MR) is 97.7 cm³/mol. The Hall–Kier alpha value is -2.92. The first kappa shape index (κ1) is 15.6. The van der Waals surface area contributed by atoms with Crippen LogP contribution in [0.5, 0.6) is 0 Å². The number of benzene rings is 3. The van der Waals surface area contributed by atoms with E-state index in [4.69, 9.17) is 4.42 Å². The summed E-state index contributed by atoms with van der Waals surface area (Å²) in [5, 5.41) is 10.3. The number of rotatable bonds is 4. The van der Waals surface area contributed by atoms with Crippen molar-refractivity contribution in [3.8, 4) is 0 Å². The van der Waals surface area contributed by atoms with Crippen molar-refractivity contribution < 1.29 is 9.21 Å². The van der Waals surface area contributed by atoms with Crippen molar-refractivity contribution in [2.24, 2.45) is 0 Å². The van der Waals surface area contributed by atoms with E-state index < -0.39 is 0 Å². The molecule has 0 amide bonds. The number of hydrogen-bond acceptors (Lipinski definition) is 5. The minimum Gasteiger partial charge on any atom is -0.415 e. The molecule has 0 fully saturated rings. The Kier molecular flexibility index (Phi) is 4.31. The molecule has 1 aromatic heterocycles. The molecule has 0 aliphatic rings. The topological polar surface area (TPSA) is 56.0 Å². The molecule has 4 rings (SSSR count). The summed E-state index contributed by atoms with van der Waals surface area (Å²) in [5.74, 6) is 0.500. The van der Waals surface area contributed by atoms with Gasteiger partial charge in [0.05, 0.1) is 6.42 Å². The van der Waals surface area contributed by atoms with Gasteiger partial charge in [-0.3, -0.25) is 4.79 Å². The lowest BCUT2D eigenvalue weighted by atomic mass is 10.1. The first-order chi connectivity index (χ1) is 12.3. The van der Waals surface area contributed by atoms with Gasteiger partial charge in [-0.25, -0.2) is 0 Å². The Balaban J connectivity index is 1.48. The number of hydrogen-bond donors (Lipinski definition) is 0. The maximum atomic E-state index is 12.5. The highest BCUT2D eigenvalue weighted by atomic mass is 32.2. The van der Waals surface area contributed by atoms with Crippen molar-refractivity contribution in [2.75, 3.05) is 0 Å². The van der Waals surface area contributed by atoms with Gasteiger partial charge in [0.25, 0.3) is 5.22 Å². The van der Waals surface area contributed by atoms with E-state index in [9.17, 15) is 4.79 Å². The van der Waals surface area contributed by atoms with E-state index in [0.717, 1.165) is 28.1 Å². The van der Waals surface area contributed by atoms with Crippen molar-refractivity contribution in [2.45, 2.75) is 11.6 Å². The molecule has 0 unspecified atom stereocenters. The molecular formula is C20H14N2O2S. The lowest BCUT2D eigenvalue weighted by molar-refractivity contribution is 0.108. The van der Waals surface area contributed by atoms with Crippen molar-refractivity contribution >= 4 is 27.6 Å². The molecule has 0 aliphatic heterocycles. The fourth-order valence-electron chi connectivity index (χ4n) is 2.58. The number of thioether (sulfide) groups is 1. The summed E-state index contributed by atoms with van der Waals surface area (Å²) in [4.78, 5) is 12.5. The quantitative estimate of drug-likeness (QED) is 0.499. The molecule has 0 bridgehead atoms. The van der Waals surface area contributed by atoms with Gasteiger partial charge in [0.1, 0.15) is 0 Å². The van der Waals surface area contributed by atoms with Crippen LogP contribution in [0.2, 0.25) is 0 Å². The third kappa shape index (κ3) is 3.61. The maximum Gasteiger partial charge on any atom is 0.284 e. The summed E-state index contributed by atoms with van der Waals surface area (Å²) < 4.78 is 5.59. The minimum absolute atomic E-state index is 0.110. The van der Waals surface area contributed by atoms with Crippen LogP contribution in [0.3, 0.4) is 0 Å². The van der Waals surface area contributed by atoms with Crippen LogP contribution in [-0.4, -0.2) is 15.3 Å². The fraction of sp³-hybridized carbons (Fsp3) is 0.0500. The highest BCUT2D eigenvalue weighted by molar-refractivity contribution is 8.14. The first-order valence-corrected chi connectivity index (χ1v) is 8.67. The van der Waals surface area contributed by atoms with Crippen LogP contribution in [0.15, 0.2) is 82.4 Å². The molecule has 4 aromatic rings. The zero-order valence-corrected chi connectivity index (χ0v) is 14.1. The molecule has 3 aromatic carbocycles.